The van der Waals surface area contributed by atoms with Gasteiger partial charge in [0.25, 0.3) is 0 Å². The Kier molecular flexibility index (Phi) is 4.67. The summed E-state index contributed by atoms with van der Waals surface area (Å²) in [5.74, 6) is 0.604. The molecule has 0 atom stereocenters. The average molecular weight is 258 g/mol. The zero-order chi connectivity index (χ0) is 13.5. The van der Waals surface area contributed by atoms with Crippen LogP contribution in [0.15, 0.2) is 30.3 Å². The van der Waals surface area contributed by atoms with Crippen LogP contribution in [0.25, 0.3) is 10.9 Å². The smallest absolute Gasteiger partial charge is 0.189 e. The van der Waals surface area contributed by atoms with Gasteiger partial charge in [-0.1, -0.05) is 12.1 Å². The van der Waals surface area contributed by atoms with Crippen LogP contribution in [-0.2, 0) is 9.47 Å². The Morgan fingerprint density at radius 3 is 2.89 bits per heavy atom. The van der Waals surface area contributed by atoms with Crippen molar-refractivity contribution >= 4 is 10.9 Å². The third kappa shape index (κ3) is 3.41. The van der Waals surface area contributed by atoms with Crippen LogP contribution in [0, 0.1) is 11.3 Å². The molecule has 5 heteroatoms. The number of nitrogens with zero attached hydrogens (tertiary/aromatic N) is 2. The molecular formula is C14H14N2O3. The number of methoxy groups -OCH3 is 1. The van der Waals surface area contributed by atoms with Gasteiger partial charge in [-0.05, 0) is 18.2 Å². The van der Waals surface area contributed by atoms with Crippen LogP contribution in [0.4, 0.5) is 0 Å². The van der Waals surface area contributed by atoms with Crippen molar-refractivity contribution in [3.05, 3.63) is 36.0 Å². The van der Waals surface area contributed by atoms with E-state index in [0.717, 1.165) is 5.39 Å². The summed E-state index contributed by atoms with van der Waals surface area (Å²) in [6.45, 7) is 1.12. The summed E-state index contributed by atoms with van der Waals surface area (Å²) in [5.41, 5.74) is 1.03. The summed E-state index contributed by atoms with van der Waals surface area (Å²) in [6, 6.07) is 11.1. The largest absolute Gasteiger partial charge is 0.465 e. The van der Waals surface area contributed by atoms with E-state index in [1.54, 1.807) is 19.2 Å². The number of rotatable bonds is 6. The normalized spacial score (nSPS) is 10.3. The molecule has 0 N–H and O–H groups in total. The van der Waals surface area contributed by atoms with E-state index in [1.165, 1.54) is 0 Å². The lowest BCUT2D eigenvalue weighted by Crippen LogP contribution is -2.08. The number of benzene rings is 1. The van der Waals surface area contributed by atoms with E-state index >= 15 is 0 Å². The Balaban J connectivity index is 2.11. The first-order chi connectivity index (χ1) is 9.35. The van der Waals surface area contributed by atoms with Gasteiger partial charge in [0.2, 0.25) is 0 Å². The van der Waals surface area contributed by atoms with E-state index in [0.29, 0.717) is 30.2 Å². The third-order valence-corrected chi connectivity index (χ3v) is 2.53. The predicted octanol–water partition coefficient (Wildman–Crippen LogP) is 2.11. The third-order valence-electron chi connectivity index (χ3n) is 2.53. The molecule has 0 radical (unpaired) electrons. The molecule has 0 unspecified atom stereocenters. The first-order valence-corrected chi connectivity index (χ1v) is 5.84. The fraction of sp³-hybridized carbons (Fsp3) is 0.286. The predicted molar refractivity (Wildman–Crippen MR) is 69.8 cm³/mol. The molecule has 0 aliphatic heterocycles. The molecule has 2 rings (SSSR count). The molecule has 5 nitrogen and oxygen atoms in total. The van der Waals surface area contributed by atoms with Crippen molar-refractivity contribution in [1.82, 2.24) is 4.98 Å². The van der Waals surface area contributed by atoms with Crippen LogP contribution < -0.4 is 4.74 Å². The molecule has 0 aliphatic rings. The summed E-state index contributed by atoms with van der Waals surface area (Å²) in [6.07, 6.45) is 0. The maximum Gasteiger partial charge on any atom is 0.189 e. The Bertz CT molecular complexity index is 593. The van der Waals surface area contributed by atoms with Gasteiger partial charge in [0, 0.05) is 12.5 Å². The Morgan fingerprint density at radius 2 is 2.11 bits per heavy atom. The van der Waals surface area contributed by atoms with Gasteiger partial charge in [-0.15, -0.1) is 0 Å². The van der Waals surface area contributed by atoms with E-state index in [1.807, 2.05) is 24.3 Å². The number of hydrogen-bond acceptors (Lipinski definition) is 5. The average Bonchev–Trinajstić information content (AvgIpc) is 2.46. The number of para-hydroxylation sites is 1. The maximum atomic E-state index is 8.87. The minimum Gasteiger partial charge on any atom is -0.465 e. The van der Waals surface area contributed by atoms with Crippen molar-refractivity contribution in [2.24, 2.45) is 0 Å². The Hall–Kier alpha value is -2.16. The second-order valence-corrected chi connectivity index (χ2v) is 3.80. The van der Waals surface area contributed by atoms with Crippen molar-refractivity contribution in [2.45, 2.75) is 0 Å². The lowest BCUT2D eigenvalue weighted by atomic mass is 10.2. The Labute approximate surface area is 111 Å². The van der Waals surface area contributed by atoms with Crippen molar-refractivity contribution in [3.8, 4) is 11.8 Å². The molecular weight excluding hydrogens is 244 g/mol. The minimum absolute atomic E-state index is 0.126. The topological polar surface area (TPSA) is 64.4 Å². The van der Waals surface area contributed by atoms with Gasteiger partial charge in [0.15, 0.2) is 6.79 Å². The number of fused-ring (bicyclic) bond motifs is 1. The second-order valence-electron chi connectivity index (χ2n) is 3.80. The summed E-state index contributed by atoms with van der Waals surface area (Å²) in [4.78, 5) is 4.24. The van der Waals surface area contributed by atoms with E-state index in [4.69, 9.17) is 19.5 Å². The quantitative estimate of drug-likeness (QED) is 0.586. The fourth-order valence-corrected chi connectivity index (χ4v) is 1.60. The molecule has 0 saturated heterocycles. The van der Waals surface area contributed by atoms with Gasteiger partial charge in [-0.25, -0.2) is 4.98 Å². The molecule has 0 fully saturated rings. The molecule has 0 spiro atoms. The summed E-state index contributed by atoms with van der Waals surface area (Å²) < 4.78 is 15.6. The van der Waals surface area contributed by atoms with Gasteiger partial charge in [0.05, 0.1) is 13.2 Å². The molecule has 1 heterocycles. The van der Waals surface area contributed by atoms with Crippen LogP contribution in [-0.4, -0.2) is 32.1 Å². The van der Waals surface area contributed by atoms with Crippen molar-refractivity contribution < 1.29 is 14.2 Å². The molecule has 98 valence electrons. The van der Waals surface area contributed by atoms with Crippen LogP contribution in [0.2, 0.25) is 0 Å². The van der Waals surface area contributed by atoms with Crippen LogP contribution in [0.1, 0.15) is 5.69 Å². The number of ether oxygens (including phenoxy) is 3. The number of pyridine rings is 1. The second kappa shape index (κ2) is 6.69. The summed E-state index contributed by atoms with van der Waals surface area (Å²) in [7, 11) is 1.61. The molecule has 2 aromatic rings. The minimum atomic E-state index is 0.126. The maximum absolute atomic E-state index is 8.87. The van der Waals surface area contributed by atoms with E-state index < -0.39 is 0 Å². The first-order valence-electron chi connectivity index (χ1n) is 5.84. The number of aromatic nitrogens is 1. The summed E-state index contributed by atoms with van der Waals surface area (Å²) >= 11 is 0. The number of hydrogen-bond donors (Lipinski definition) is 0. The molecule has 1 aromatic carbocycles. The SMILES string of the molecule is COCCOCOc1cccc2ccc(C#N)nc12. The van der Waals surface area contributed by atoms with Gasteiger partial charge >= 0.3 is 0 Å². The Morgan fingerprint density at radius 1 is 1.21 bits per heavy atom. The van der Waals surface area contributed by atoms with E-state index in [9.17, 15) is 0 Å². The van der Waals surface area contributed by atoms with E-state index in [-0.39, 0.29) is 6.79 Å². The van der Waals surface area contributed by atoms with Gasteiger partial charge < -0.3 is 14.2 Å². The van der Waals surface area contributed by atoms with Crippen LogP contribution >= 0.6 is 0 Å². The molecule has 19 heavy (non-hydrogen) atoms. The highest BCUT2D eigenvalue weighted by Gasteiger charge is 2.04. The highest BCUT2D eigenvalue weighted by molar-refractivity contribution is 5.84. The molecule has 1 aromatic heterocycles. The summed E-state index contributed by atoms with van der Waals surface area (Å²) in [5, 5.41) is 9.79. The standard InChI is InChI=1S/C14H14N2O3/c1-17-7-8-18-10-19-13-4-2-3-11-5-6-12(9-15)16-14(11)13/h2-6H,7-8,10H2,1H3. The zero-order valence-electron chi connectivity index (χ0n) is 10.6. The first kappa shape index (κ1) is 13.3. The van der Waals surface area contributed by atoms with E-state index in [2.05, 4.69) is 4.98 Å². The highest BCUT2D eigenvalue weighted by atomic mass is 16.7. The fourth-order valence-electron chi connectivity index (χ4n) is 1.60. The molecule has 0 saturated carbocycles. The van der Waals surface area contributed by atoms with Crippen molar-refractivity contribution in [2.75, 3.05) is 27.1 Å². The molecule has 0 bridgehead atoms. The zero-order valence-corrected chi connectivity index (χ0v) is 10.6. The van der Waals surface area contributed by atoms with Crippen molar-refractivity contribution in [1.29, 1.82) is 5.26 Å². The lowest BCUT2D eigenvalue weighted by Gasteiger charge is -2.09. The molecule has 0 amide bonds. The monoisotopic (exact) mass is 258 g/mol. The van der Waals surface area contributed by atoms with Gasteiger partial charge in [-0.3, -0.25) is 0 Å². The van der Waals surface area contributed by atoms with Crippen LogP contribution in [0.5, 0.6) is 5.75 Å². The van der Waals surface area contributed by atoms with Crippen molar-refractivity contribution in [3.63, 3.8) is 0 Å². The number of nitriles is 1. The van der Waals surface area contributed by atoms with Gasteiger partial charge in [0.1, 0.15) is 23.0 Å². The van der Waals surface area contributed by atoms with Gasteiger partial charge in [-0.2, -0.15) is 5.26 Å². The highest BCUT2D eigenvalue weighted by Crippen LogP contribution is 2.23. The van der Waals surface area contributed by atoms with Crippen LogP contribution in [0.3, 0.4) is 0 Å². The lowest BCUT2D eigenvalue weighted by molar-refractivity contribution is -0.00788. The molecule has 0 aliphatic carbocycles.